The lowest BCUT2D eigenvalue weighted by molar-refractivity contribution is -0.137. The smallest absolute Gasteiger partial charge is 0.399 e. The third-order valence-electron chi connectivity index (χ3n) is 2.82. The molecule has 0 unspecified atom stereocenters. The minimum atomic E-state index is -4.27. The molecule has 2 N–H and O–H groups in total. The van der Waals surface area contributed by atoms with Crippen LogP contribution in [-0.4, -0.2) is 5.75 Å². The van der Waals surface area contributed by atoms with Crippen molar-refractivity contribution in [2.24, 2.45) is 0 Å². The number of rotatable bonds is 4. The van der Waals surface area contributed by atoms with Crippen LogP contribution >= 0.6 is 11.8 Å². The van der Waals surface area contributed by atoms with Crippen molar-refractivity contribution in [3.05, 3.63) is 59.7 Å². The van der Waals surface area contributed by atoms with Gasteiger partial charge in [0.05, 0.1) is 5.56 Å². The third kappa shape index (κ3) is 4.20. The van der Waals surface area contributed by atoms with E-state index in [1.165, 1.54) is 12.1 Å². The van der Waals surface area contributed by atoms with Crippen molar-refractivity contribution in [1.29, 1.82) is 0 Å². The van der Waals surface area contributed by atoms with E-state index in [1.807, 2.05) is 24.3 Å². The molecular weight excluding hydrogens is 283 g/mol. The highest BCUT2D eigenvalue weighted by Crippen LogP contribution is 2.29. The van der Waals surface area contributed by atoms with E-state index < -0.39 is 11.7 Å². The van der Waals surface area contributed by atoms with Crippen LogP contribution < -0.4 is 5.73 Å². The highest BCUT2D eigenvalue weighted by molar-refractivity contribution is 7.99. The second-order valence-corrected chi connectivity index (χ2v) is 5.53. The molecule has 0 aromatic heterocycles. The number of nitrogen functional groups attached to an aromatic ring is 1. The summed E-state index contributed by atoms with van der Waals surface area (Å²) in [5, 5.41) is 0. The first-order chi connectivity index (χ1) is 9.45. The molecule has 20 heavy (non-hydrogen) atoms. The van der Waals surface area contributed by atoms with E-state index in [1.54, 1.807) is 11.8 Å². The van der Waals surface area contributed by atoms with Gasteiger partial charge in [0.2, 0.25) is 0 Å². The maximum absolute atomic E-state index is 12.4. The Morgan fingerprint density at radius 3 is 2.05 bits per heavy atom. The van der Waals surface area contributed by atoms with Crippen molar-refractivity contribution < 1.29 is 13.2 Å². The molecule has 0 radical (unpaired) electrons. The van der Waals surface area contributed by atoms with E-state index in [0.717, 1.165) is 40.5 Å². The number of hydrogen-bond donors (Lipinski definition) is 1. The summed E-state index contributed by atoms with van der Waals surface area (Å²) < 4.78 is 37.2. The predicted molar refractivity (Wildman–Crippen MR) is 76.7 cm³/mol. The van der Waals surface area contributed by atoms with Gasteiger partial charge in [0, 0.05) is 16.3 Å². The molecule has 2 aromatic carbocycles. The molecule has 106 valence electrons. The molecule has 0 aliphatic rings. The molecule has 0 aliphatic heterocycles. The molecule has 0 fully saturated rings. The summed E-state index contributed by atoms with van der Waals surface area (Å²) in [4.78, 5) is 1.10. The van der Waals surface area contributed by atoms with Crippen molar-refractivity contribution in [3.63, 3.8) is 0 Å². The summed E-state index contributed by atoms with van der Waals surface area (Å²) in [7, 11) is 0. The molecule has 0 bridgehead atoms. The zero-order valence-corrected chi connectivity index (χ0v) is 11.5. The fourth-order valence-electron chi connectivity index (χ4n) is 1.71. The average Bonchev–Trinajstić information content (AvgIpc) is 2.41. The highest BCUT2D eigenvalue weighted by atomic mass is 32.2. The Hall–Kier alpha value is -1.62. The zero-order chi connectivity index (χ0) is 14.6. The van der Waals surface area contributed by atoms with Gasteiger partial charge in [-0.1, -0.05) is 12.1 Å². The number of anilines is 1. The predicted octanol–water partition coefficient (Wildman–Crippen LogP) is 4.62. The zero-order valence-electron chi connectivity index (χ0n) is 10.7. The Labute approximate surface area is 120 Å². The number of nitrogens with two attached hydrogens (primary N) is 1. The van der Waals surface area contributed by atoms with Gasteiger partial charge in [0.1, 0.15) is 0 Å². The first-order valence-corrected chi connectivity index (χ1v) is 7.08. The van der Waals surface area contributed by atoms with E-state index in [9.17, 15) is 13.2 Å². The summed E-state index contributed by atoms with van der Waals surface area (Å²) in [5.41, 5.74) is 6.61. The van der Waals surface area contributed by atoms with E-state index in [4.69, 9.17) is 5.73 Å². The Balaban J connectivity index is 1.87. The van der Waals surface area contributed by atoms with Crippen LogP contribution in [0.15, 0.2) is 53.4 Å². The van der Waals surface area contributed by atoms with Crippen LogP contribution in [0, 0.1) is 0 Å². The number of alkyl halides is 3. The Morgan fingerprint density at radius 1 is 0.900 bits per heavy atom. The van der Waals surface area contributed by atoms with Crippen molar-refractivity contribution in [2.75, 3.05) is 11.5 Å². The monoisotopic (exact) mass is 297 g/mol. The minimum Gasteiger partial charge on any atom is -0.399 e. The summed E-state index contributed by atoms with van der Waals surface area (Å²) in [6.07, 6.45) is -3.54. The molecule has 0 saturated heterocycles. The van der Waals surface area contributed by atoms with Gasteiger partial charge in [-0.25, -0.2) is 0 Å². The fraction of sp³-hybridized carbons (Fsp3) is 0.200. The second-order valence-electron chi connectivity index (χ2n) is 4.36. The van der Waals surface area contributed by atoms with Crippen LogP contribution in [0.3, 0.4) is 0 Å². The lowest BCUT2D eigenvalue weighted by Gasteiger charge is -2.07. The minimum absolute atomic E-state index is 0.604. The van der Waals surface area contributed by atoms with Crippen LogP contribution in [-0.2, 0) is 12.6 Å². The summed E-state index contributed by atoms with van der Waals surface area (Å²) in [6, 6.07) is 12.9. The summed E-state index contributed by atoms with van der Waals surface area (Å²) in [6.45, 7) is 0. The van der Waals surface area contributed by atoms with Gasteiger partial charge in [-0.05, 0) is 48.4 Å². The molecular formula is C15H14F3NS. The lowest BCUT2D eigenvalue weighted by atomic mass is 10.1. The van der Waals surface area contributed by atoms with Crippen molar-refractivity contribution in [3.8, 4) is 0 Å². The van der Waals surface area contributed by atoms with Crippen LogP contribution in [0.1, 0.15) is 11.1 Å². The standard InChI is InChI=1S/C15H14F3NS/c16-15(17,18)12-3-1-11(2-4-12)9-10-20-14-7-5-13(19)6-8-14/h1-8H,9-10,19H2. The maximum Gasteiger partial charge on any atom is 0.416 e. The molecule has 2 rings (SSSR count). The Kier molecular flexibility index (Phi) is 4.60. The average molecular weight is 297 g/mol. The fourth-order valence-corrected chi connectivity index (χ4v) is 2.61. The first-order valence-electron chi connectivity index (χ1n) is 6.09. The lowest BCUT2D eigenvalue weighted by Crippen LogP contribution is -2.04. The van der Waals surface area contributed by atoms with Gasteiger partial charge < -0.3 is 5.73 Å². The number of halogens is 3. The number of benzene rings is 2. The molecule has 0 atom stereocenters. The molecule has 5 heteroatoms. The van der Waals surface area contributed by atoms with Crippen LogP contribution in [0.4, 0.5) is 18.9 Å². The largest absolute Gasteiger partial charge is 0.416 e. The van der Waals surface area contributed by atoms with E-state index >= 15 is 0 Å². The second kappa shape index (κ2) is 6.22. The van der Waals surface area contributed by atoms with Crippen molar-refractivity contribution in [1.82, 2.24) is 0 Å². The van der Waals surface area contributed by atoms with Gasteiger partial charge in [-0.2, -0.15) is 13.2 Å². The molecule has 1 nitrogen and oxygen atoms in total. The topological polar surface area (TPSA) is 26.0 Å². The van der Waals surface area contributed by atoms with Crippen LogP contribution in [0.25, 0.3) is 0 Å². The maximum atomic E-state index is 12.4. The quantitative estimate of drug-likeness (QED) is 0.658. The highest BCUT2D eigenvalue weighted by Gasteiger charge is 2.29. The van der Waals surface area contributed by atoms with Crippen LogP contribution in [0.5, 0.6) is 0 Å². The summed E-state index contributed by atoms with van der Waals surface area (Å²) >= 11 is 1.66. The molecule has 0 aliphatic carbocycles. The van der Waals surface area contributed by atoms with Gasteiger partial charge in [0.25, 0.3) is 0 Å². The van der Waals surface area contributed by atoms with Gasteiger partial charge >= 0.3 is 6.18 Å². The molecule has 0 spiro atoms. The Morgan fingerprint density at radius 2 is 1.50 bits per heavy atom. The van der Waals surface area contributed by atoms with Gasteiger partial charge in [-0.3, -0.25) is 0 Å². The van der Waals surface area contributed by atoms with E-state index in [0.29, 0.717) is 0 Å². The molecule has 0 heterocycles. The molecule has 2 aromatic rings. The van der Waals surface area contributed by atoms with Gasteiger partial charge in [-0.15, -0.1) is 11.8 Å². The number of thioether (sulfide) groups is 1. The Bertz CT molecular complexity index is 547. The molecule has 0 amide bonds. The first kappa shape index (κ1) is 14.8. The van der Waals surface area contributed by atoms with E-state index in [2.05, 4.69) is 0 Å². The number of aryl methyl sites for hydroxylation is 1. The van der Waals surface area contributed by atoms with Crippen molar-refractivity contribution in [2.45, 2.75) is 17.5 Å². The van der Waals surface area contributed by atoms with Gasteiger partial charge in [0.15, 0.2) is 0 Å². The molecule has 0 saturated carbocycles. The van der Waals surface area contributed by atoms with Crippen molar-refractivity contribution >= 4 is 17.4 Å². The SMILES string of the molecule is Nc1ccc(SCCc2ccc(C(F)(F)F)cc2)cc1. The number of hydrogen-bond acceptors (Lipinski definition) is 2. The van der Waals surface area contributed by atoms with E-state index in [-0.39, 0.29) is 0 Å². The van der Waals surface area contributed by atoms with Crippen LogP contribution in [0.2, 0.25) is 0 Å². The third-order valence-corrected chi connectivity index (χ3v) is 3.83. The normalized spacial score (nSPS) is 11.6. The summed E-state index contributed by atoms with van der Waals surface area (Å²) in [5.74, 6) is 0.815.